The number of nitrogens with two attached hydrogens (primary N) is 1. The summed E-state index contributed by atoms with van der Waals surface area (Å²) in [5.41, 5.74) is 9.50. The SMILES string of the molecule is Cc1csc(C2(CN)[C@@H]3CN(C4=CNc5c(C6CCC(F)C7NCCCC67)n[nH]c5N4)C[C@@H]32)n1. The third-order valence-corrected chi connectivity index (χ3v) is 10.4. The van der Waals surface area contributed by atoms with Crippen molar-refractivity contribution in [3.63, 3.8) is 0 Å². The molecule has 5 unspecified atom stereocenters. The van der Waals surface area contributed by atoms with E-state index in [0.29, 0.717) is 30.7 Å². The van der Waals surface area contributed by atoms with Crippen molar-refractivity contribution >= 4 is 22.8 Å². The molecule has 182 valence electrons. The van der Waals surface area contributed by atoms with E-state index in [0.717, 1.165) is 67.6 Å². The van der Waals surface area contributed by atoms with Crippen LogP contribution in [0.2, 0.25) is 0 Å². The second kappa shape index (κ2) is 7.66. The van der Waals surface area contributed by atoms with Crippen LogP contribution in [0.15, 0.2) is 17.4 Å². The lowest BCUT2D eigenvalue weighted by Crippen LogP contribution is -2.52. The van der Waals surface area contributed by atoms with Crippen molar-refractivity contribution in [3.8, 4) is 0 Å². The van der Waals surface area contributed by atoms with Gasteiger partial charge in [-0.25, -0.2) is 9.37 Å². The first-order valence-electron chi connectivity index (χ1n) is 12.7. The van der Waals surface area contributed by atoms with E-state index in [-0.39, 0.29) is 17.4 Å². The van der Waals surface area contributed by atoms with E-state index in [1.165, 1.54) is 5.01 Å². The number of halogens is 1. The van der Waals surface area contributed by atoms with Crippen LogP contribution in [0.3, 0.4) is 0 Å². The quantitative estimate of drug-likeness (QED) is 0.454. The van der Waals surface area contributed by atoms with E-state index in [4.69, 9.17) is 15.8 Å². The summed E-state index contributed by atoms with van der Waals surface area (Å²) in [4.78, 5) is 7.19. The Kier molecular flexibility index (Phi) is 4.77. The fraction of sp³-hybridized carbons (Fsp3) is 0.667. The largest absolute Gasteiger partial charge is 0.356 e. The van der Waals surface area contributed by atoms with E-state index in [1.807, 2.05) is 0 Å². The zero-order valence-corrected chi connectivity index (χ0v) is 20.3. The molecule has 5 heterocycles. The van der Waals surface area contributed by atoms with Crippen LogP contribution in [-0.4, -0.2) is 58.5 Å². The van der Waals surface area contributed by atoms with Gasteiger partial charge in [-0.1, -0.05) is 0 Å². The van der Waals surface area contributed by atoms with Crippen LogP contribution in [0.25, 0.3) is 0 Å². The normalized spacial score (nSPS) is 38.3. The highest BCUT2D eigenvalue weighted by molar-refractivity contribution is 7.09. The summed E-state index contributed by atoms with van der Waals surface area (Å²) in [6, 6.07) is -0.0386. The number of nitrogens with zero attached hydrogens (tertiary/aromatic N) is 3. The van der Waals surface area contributed by atoms with Crippen molar-refractivity contribution in [3.05, 3.63) is 33.8 Å². The molecule has 10 heteroatoms. The minimum atomic E-state index is -0.746. The lowest BCUT2D eigenvalue weighted by Gasteiger charge is -2.43. The molecular formula is C24H33FN8S. The van der Waals surface area contributed by atoms with Crippen molar-refractivity contribution in [2.75, 3.05) is 36.8 Å². The molecule has 8 nitrogen and oxygen atoms in total. The highest BCUT2D eigenvalue weighted by Crippen LogP contribution is 2.64. The molecule has 0 spiro atoms. The second-order valence-corrected chi connectivity index (χ2v) is 11.7. The number of nitrogens with one attached hydrogen (secondary N) is 4. The van der Waals surface area contributed by atoms with Gasteiger partial charge in [0, 0.05) is 54.3 Å². The zero-order chi connectivity index (χ0) is 23.0. The summed E-state index contributed by atoms with van der Waals surface area (Å²) in [6.45, 7) is 5.60. The average molecular weight is 485 g/mol. The van der Waals surface area contributed by atoms with E-state index in [2.05, 4.69) is 44.5 Å². The maximum atomic E-state index is 14.6. The van der Waals surface area contributed by atoms with Gasteiger partial charge < -0.3 is 26.6 Å². The molecule has 2 aromatic heterocycles. The van der Waals surface area contributed by atoms with Gasteiger partial charge in [0.2, 0.25) is 0 Å². The molecule has 0 radical (unpaired) electrons. The maximum Gasteiger partial charge on any atom is 0.151 e. The number of anilines is 2. The molecule has 34 heavy (non-hydrogen) atoms. The van der Waals surface area contributed by atoms with Crippen LogP contribution in [0.4, 0.5) is 15.9 Å². The number of hydrogen-bond donors (Lipinski definition) is 5. The number of rotatable bonds is 4. The number of aromatic nitrogens is 3. The number of H-pyrrole nitrogens is 1. The smallest absolute Gasteiger partial charge is 0.151 e. The van der Waals surface area contributed by atoms with E-state index in [9.17, 15) is 4.39 Å². The molecule has 4 fully saturated rings. The molecule has 0 amide bonds. The third-order valence-electron chi connectivity index (χ3n) is 9.20. The van der Waals surface area contributed by atoms with Crippen molar-refractivity contribution in [2.45, 2.75) is 56.2 Å². The fourth-order valence-corrected chi connectivity index (χ4v) is 8.54. The van der Waals surface area contributed by atoms with Crippen molar-refractivity contribution in [2.24, 2.45) is 23.5 Å². The number of alkyl halides is 1. The summed E-state index contributed by atoms with van der Waals surface area (Å²) >= 11 is 1.76. The van der Waals surface area contributed by atoms with Crippen LogP contribution in [-0.2, 0) is 5.41 Å². The predicted octanol–water partition coefficient (Wildman–Crippen LogP) is 2.85. The number of aryl methyl sites for hydroxylation is 1. The van der Waals surface area contributed by atoms with Gasteiger partial charge in [-0.15, -0.1) is 11.3 Å². The van der Waals surface area contributed by atoms with E-state index >= 15 is 0 Å². The van der Waals surface area contributed by atoms with Crippen molar-refractivity contribution in [1.82, 2.24) is 25.4 Å². The Labute approximate surface area is 203 Å². The highest BCUT2D eigenvalue weighted by Gasteiger charge is 2.69. The lowest BCUT2D eigenvalue weighted by atomic mass is 9.69. The van der Waals surface area contributed by atoms with Crippen LogP contribution < -0.4 is 21.7 Å². The summed E-state index contributed by atoms with van der Waals surface area (Å²) in [5.74, 6) is 3.67. The van der Waals surface area contributed by atoms with Crippen LogP contribution in [0.5, 0.6) is 0 Å². The minimum absolute atomic E-state index is 0.0386. The third kappa shape index (κ3) is 2.94. The fourth-order valence-electron chi connectivity index (χ4n) is 7.40. The monoisotopic (exact) mass is 484 g/mol. The topological polar surface area (TPSA) is 107 Å². The molecule has 7 rings (SSSR count). The van der Waals surface area contributed by atoms with E-state index in [1.54, 1.807) is 11.3 Å². The summed E-state index contributed by atoms with van der Waals surface area (Å²) in [7, 11) is 0. The van der Waals surface area contributed by atoms with Gasteiger partial charge in [-0.2, -0.15) is 5.10 Å². The second-order valence-electron chi connectivity index (χ2n) is 10.8. The molecule has 2 saturated carbocycles. The summed E-state index contributed by atoms with van der Waals surface area (Å²) in [6.07, 6.45) is 4.96. The number of hydrogen-bond acceptors (Lipinski definition) is 8. The van der Waals surface area contributed by atoms with Crippen molar-refractivity contribution < 1.29 is 4.39 Å². The number of aromatic amines is 1. The number of likely N-dealkylation sites (tertiary alicyclic amines) is 1. The Bertz CT molecular complexity index is 1110. The Morgan fingerprint density at radius 3 is 2.88 bits per heavy atom. The molecule has 2 aromatic rings. The van der Waals surface area contributed by atoms with Crippen LogP contribution >= 0.6 is 11.3 Å². The lowest BCUT2D eigenvalue weighted by molar-refractivity contribution is 0.0902. The zero-order valence-electron chi connectivity index (χ0n) is 19.5. The van der Waals surface area contributed by atoms with Crippen LogP contribution in [0.1, 0.15) is 48.0 Å². The first-order chi connectivity index (χ1) is 16.6. The molecular weight excluding hydrogens is 451 g/mol. The molecule has 0 bridgehead atoms. The molecule has 2 saturated heterocycles. The molecule has 0 aromatic carbocycles. The molecule has 2 aliphatic carbocycles. The Hall–Kier alpha value is -2.17. The van der Waals surface area contributed by atoms with Gasteiger partial charge in [-0.05, 0) is 56.9 Å². The first kappa shape index (κ1) is 21.1. The van der Waals surface area contributed by atoms with Gasteiger partial charge in [0.1, 0.15) is 22.7 Å². The average Bonchev–Trinajstić information content (AvgIpc) is 3.35. The van der Waals surface area contributed by atoms with Gasteiger partial charge in [0.25, 0.3) is 0 Å². The molecule has 7 atom stereocenters. The first-order valence-corrected chi connectivity index (χ1v) is 13.5. The Balaban J connectivity index is 1.06. The minimum Gasteiger partial charge on any atom is -0.356 e. The van der Waals surface area contributed by atoms with Gasteiger partial charge in [-0.3, -0.25) is 5.10 Å². The number of fused-ring (bicyclic) bond motifs is 3. The Morgan fingerprint density at radius 2 is 2.12 bits per heavy atom. The number of piperidine rings is 2. The van der Waals surface area contributed by atoms with Crippen LogP contribution in [0, 0.1) is 24.7 Å². The Morgan fingerprint density at radius 1 is 1.26 bits per heavy atom. The van der Waals surface area contributed by atoms with Gasteiger partial charge >= 0.3 is 0 Å². The van der Waals surface area contributed by atoms with Gasteiger partial charge in [0.05, 0.1) is 5.69 Å². The molecule has 5 aliphatic rings. The van der Waals surface area contributed by atoms with Crippen molar-refractivity contribution in [1.29, 1.82) is 0 Å². The summed E-state index contributed by atoms with van der Waals surface area (Å²) < 4.78 is 14.6. The maximum absolute atomic E-state index is 14.6. The summed E-state index contributed by atoms with van der Waals surface area (Å²) in [5, 5.41) is 21.9. The van der Waals surface area contributed by atoms with Gasteiger partial charge in [0.15, 0.2) is 5.82 Å². The molecule has 6 N–H and O–H groups in total. The molecule has 3 aliphatic heterocycles. The van der Waals surface area contributed by atoms with E-state index < -0.39 is 6.17 Å². The predicted molar refractivity (Wildman–Crippen MR) is 131 cm³/mol. The standard InChI is InChI=1S/C24H33FN8S/c1-12-10-34-23(29-12)24(11-26)15-8-33(9-16(15)24)18-7-28-21-20(31-32-22(21)30-18)14-4-5-17(25)19-13(14)3-2-6-27-19/h7,10,13-17,19,27-28H,2-6,8-9,11,26H2,1H3,(H2,30,31,32)/t13?,14?,15-,16+,17?,19?,24?. The highest BCUT2D eigenvalue weighted by atomic mass is 32.1. The number of thiazole rings is 1.